The van der Waals surface area contributed by atoms with Crippen LogP contribution in [0.1, 0.15) is 18.5 Å². The van der Waals surface area contributed by atoms with Crippen LogP contribution >= 0.6 is 23.1 Å². The Morgan fingerprint density at radius 1 is 1.42 bits per heavy atom. The van der Waals surface area contributed by atoms with Gasteiger partial charge in [-0.3, -0.25) is 14.5 Å². The molecule has 0 bridgehead atoms. The van der Waals surface area contributed by atoms with E-state index in [1.165, 1.54) is 30.9 Å². The van der Waals surface area contributed by atoms with Gasteiger partial charge in [-0.15, -0.1) is 23.1 Å². The van der Waals surface area contributed by atoms with Crippen molar-refractivity contribution in [1.82, 2.24) is 15.2 Å². The van der Waals surface area contributed by atoms with Crippen molar-refractivity contribution in [2.24, 2.45) is 5.16 Å². The molecule has 31 heavy (non-hydrogen) atoms. The number of hydrogen-bond donors (Lipinski definition) is 2. The molecule has 1 aromatic heterocycles. The molecule has 3 N–H and O–H groups in total. The molecule has 4 heterocycles. The molecule has 2 saturated heterocycles. The molecule has 3 aliphatic rings. The first-order valence-corrected chi connectivity index (χ1v) is 11.4. The van der Waals surface area contributed by atoms with Crippen LogP contribution in [0.5, 0.6) is 0 Å². The third-order valence-corrected chi connectivity index (χ3v) is 7.12. The molecular weight excluding hydrogens is 446 g/mol. The van der Waals surface area contributed by atoms with Gasteiger partial charge in [0.15, 0.2) is 10.8 Å². The number of esters is 1. The quantitative estimate of drug-likeness (QED) is 0.257. The lowest BCUT2D eigenvalue weighted by atomic mass is 9.99. The maximum absolute atomic E-state index is 13.0. The molecule has 166 valence electrons. The number of thioether (sulfide) groups is 1. The van der Waals surface area contributed by atoms with Gasteiger partial charge in [-0.1, -0.05) is 5.16 Å². The summed E-state index contributed by atoms with van der Waals surface area (Å²) >= 11 is 2.61. The number of anilines is 1. The van der Waals surface area contributed by atoms with Crippen LogP contribution in [-0.4, -0.2) is 77.5 Å². The number of oxime groups is 1. The summed E-state index contributed by atoms with van der Waals surface area (Å²) in [6.07, 6.45) is 1.47. The number of nitrogens with two attached hydrogens (primary N) is 1. The minimum absolute atomic E-state index is 0.0914. The van der Waals surface area contributed by atoms with E-state index in [4.69, 9.17) is 20.0 Å². The summed E-state index contributed by atoms with van der Waals surface area (Å²) in [5.41, 5.74) is 6.76. The Hall–Kier alpha value is -2.64. The molecule has 2 amide bonds. The number of aromatic nitrogens is 1. The Morgan fingerprint density at radius 2 is 2.23 bits per heavy atom. The Balaban J connectivity index is 1.55. The van der Waals surface area contributed by atoms with Crippen molar-refractivity contribution in [3.8, 4) is 0 Å². The zero-order valence-corrected chi connectivity index (χ0v) is 18.5. The molecule has 11 nitrogen and oxygen atoms in total. The molecule has 0 radical (unpaired) electrons. The number of thiazole rings is 1. The normalized spacial score (nSPS) is 25.7. The minimum Gasteiger partial charge on any atom is -0.464 e. The van der Waals surface area contributed by atoms with Crippen molar-refractivity contribution in [2.45, 2.75) is 30.4 Å². The number of methoxy groups -OCH3 is 1. The van der Waals surface area contributed by atoms with Crippen molar-refractivity contribution in [3.05, 3.63) is 22.3 Å². The molecule has 3 aliphatic heterocycles. The van der Waals surface area contributed by atoms with Crippen LogP contribution < -0.4 is 11.1 Å². The van der Waals surface area contributed by atoms with E-state index >= 15 is 0 Å². The van der Waals surface area contributed by atoms with Gasteiger partial charge in [0, 0.05) is 17.7 Å². The van der Waals surface area contributed by atoms with Crippen molar-refractivity contribution in [2.75, 3.05) is 32.3 Å². The zero-order valence-electron chi connectivity index (χ0n) is 16.8. The Morgan fingerprint density at radius 3 is 2.84 bits per heavy atom. The molecule has 1 aromatic rings. The van der Waals surface area contributed by atoms with Crippen molar-refractivity contribution in [1.29, 1.82) is 0 Å². The number of nitrogens with zero attached hydrogens (tertiary/aromatic N) is 3. The first-order valence-electron chi connectivity index (χ1n) is 9.47. The van der Waals surface area contributed by atoms with Gasteiger partial charge < -0.3 is 25.4 Å². The van der Waals surface area contributed by atoms with Crippen LogP contribution in [0.2, 0.25) is 0 Å². The van der Waals surface area contributed by atoms with E-state index in [1.807, 2.05) is 0 Å². The second-order valence-electron chi connectivity index (χ2n) is 6.92. The smallest absolute Gasteiger partial charge is 0.354 e. The summed E-state index contributed by atoms with van der Waals surface area (Å²) < 4.78 is 10.7. The van der Waals surface area contributed by atoms with E-state index in [2.05, 4.69) is 15.5 Å². The Labute approximate surface area is 186 Å². The fourth-order valence-corrected chi connectivity index (χ4v) is 5.69. The first kappa shape index (κ1) is 21.6. The van der Waals surface area contributed by atoms with E-state index in [9.17, 15) is 14.4 Å². The number of rotatable bonds is 6. The van der Waals surface area contributed by atoms with E-state index in [1.54, 1.807) is 5.38 Å². The van der Waals surface area contributed by atoms with Crippen LogP contribution in [0.3, 0.4) is 0 Å². The average Bonchev–Trinajstić information content (AvgIpc) is 3.45. The highest BCUT2D eigenvalue weighted by Gasteiger charge is 2.55. The second-order valence-corrected chi connectivity index (χ2v) is 8.92. The number of carbonyl (C=O) groups is 3. The predicted octanol–water partition coefficient (Wildman–Crippen LogP) is 0.0818. The van der Waals surface area contributed by atoms with Gasteiger partial charge in [-0.25, -0.2) is 9.78 Å². The Kier molecular flexibility index (Phi) is 6.16. The summed E-state index contributed by atoms with van der Waals surface area (Å²) in [5, 5.41) is 7.81. The summed E-state index contributed by atoms with van der Waals surface area (Å²) in [5.74, 6) is -1.12. The van der Waals surface area contributed by atoms with E-state index in [0.29, 0.717) is 12.4 Å². The third kappa shape index (κ3) is 3.88. The lowest BCUT2D eigenvalue weighted by Gasteiger charge is -2.50. The number of ether oxygens (including phenoxy) is 2. The SMILES string of the molecule is CO/N=C(\C(=O)NC1C(=O)N2C(C(=O)OC)=C(C3CCCO3)CSC12)c1csc(N)n1. The lowest BCUT2D eigenvalue weighted by molar-refractivity contribution is -0.151. The third-order valence-electron chi connectivity index (χ3n) is 5.14. The highest BCUT2D eigenvalue weighted by atomic mass is 32.2. The molecule has 0 aliphatic carbocycles. The number of carbonyl (C=O) groups excluding carboxylic acids is 3. The first-order chi connectivity index (χ1) is 15.0. The largest absolute Gasteiger partial charge is 0.464 e. The maximum atomic E-state index is 13.0. The van der Waals surface area contributed by atoms with E-state index in [0.717, 1.165) is 29.8 Å². The second kappa shape index (κ2) is 8.85. The van der Waals surface area contributed by atoms with Crippen LogP contribution in [0.4, 0.5) is 5.13 Å². The van der Waals surface area contributed by atoms with Gasteiger partial charge in [0.1, 0.15) is 29.9 Å². The number of fused-ring (bicyclic) bond motifs is 1. The Bertz CT molecular complexity index is 970. The molecular formula is C18H21N5O6S2. The fraction of sp³-hybridized carbons (Fsp3) is 0.500. The molecule has 3 unspecified atom stereocenters. The van der Waals surface area contributed by atoms with Crippen LogP contribution in [0.15, 0.2) is 21.8 Å². The highest BCUT2D eigenvalue weighted by molar-refractivity contribution is 8.00. The van der Waals surface area contributed by atoms with Gasteiger partial charge in [0.25, 0.3) is 11.8 Å². The average molecular weight is 468 g/mol. The van der Waals surface area contributed by atoms with Gasteiger partial charge in [-0.05, 0) is 18.4 Å². The minimum atomic E-state index is -0.832. The van der Waals surface area contributed by atoms with Crippen molar-refractivity contribution >= 4 is 51.7 Å². The summed E-state index contributed by atoms with van der Waals surface area (Å²) in [6.45, 7) is 0.617. The predicted molar refractivity (Wildman–Crippen MR) is 113 cm³/mol. The number of nitrogens with one attached hydrogen (secondary N) is 1. The van der Waals surface area contributed by atoms with E-state index < -0.39 is 29.2 Å². The molecule has 4 rings (SSSR count). The number of amides is 2. The molecule has 0 spiro atoms. The molecule has 0 saturated carbocycles. The summed E-state index contributed by atoms with van der Waals surface area (Å²) in [4.78, 5) is 48.4. The van der Waals surface area contributed by atoms with Gasteiger partial charge >= 0.3 is 5.97 Å². The summed E-state index contributed by atoms with van der Waals surface area (Å²) in [6, 6.07) is -0.832. The zero-order chi connectivity index (χ0) is 22.1. The van der Waals surface area contributed by atoms with E-state index in [-0.39, 0.29) is 28.3 Å². The van der Waals surface area contributed by atoms with Crippen LogP contribution in [-0.2, 0) is 28.7 Å². The van der Waals surface area contributed by atoms with Crippen LogP contribution in [0.25, 0.3) is 0 Å². The number of β-lactam (4-membered cyclic amide) rings is 1. The van der Waals surface area contributed by atoms with Gasteiger partial charge in [0.05, 0.1) is 13.2 Å². The lowest BCUT2D eigenvalue weighted by Crippen LogP contribution is -2.71. The number of hydrogen-bond acceptors (Lipinski definition) is 11. The number of nitrogen functional groups attached to an aromatic ring is 1. The van der Waals surface area contributed by atoms with Crippen molar-refractivity contribution < 1.29 is 28.7 Å². The topological polar surface area (TPSA) is 145 Å². The standard InChI is InChI=1S/C18H21N5O6S2/c1-27-17(26)13-8(10-4-3-5-29-10)6-30-16-12(15(25)23(13)16)21-14(24)11(22-28-2)9-7-31-18(19)20-9/h7,10,12,16H,3-6H2,1-2H3,(H2,19,20)(H,21,24)/b22-11-. The summed E-state index contributed by atoms with van der Waals surface area (Å²) in [7, 11) is 2.58. The molecule has 3 atom stereocenters. The monoisotopic (exact) mass is 467 g/mol. The van der Waals surface area contributed by atoms with Gasteiger partial charge in [0.2, 0.25) is 0 Å². The van der Waals surface area contributed by atoms with Gasteiger partial charge in [-0.2, -0.15) is 0 Å². The van der Waals surface area contributed by atoms with Crippen LogP contribution in [0, 0.1) is 0 Å². The van der Waals surface area contributed by atoms with Crippen molar-refractivity contribution in [3.63, 3.8) is 0 Å². The molecule has 2 fully saturated rings. The highest BCUT2D eigenvalue weighted by Crippen LogP contribution is 2.43. The molecule has 13 heteroatoms. The molecule has 0 aromatic carbocycles. The fourth-order valence-electron chi connectivity index (χ4n) is 3.73. The maximum Gasteiger partial charge on any atom is 0.354 e.